The summed E-state index contributed by atoms with van der Waals surface area (Å²) in [6.45, 7) is 6.00. The maximum atomic E-state index is 12.0. The monoisotopic (exact) mass is 262 g/mol. The molecule has 0 radical (unpaired) electrons. The van der Waals surface area contributed by atoms with Crippen molar-refractivity contribution in [3.05, 3.63) is 23.3 Å². The van der Waals surface area contributed by atoms with Crippen LogP contribution in [0, 0.1) is 13.8 Å². The van der Waals surface area contributed by atoms with Gasteiger partial charge in [-0.2, -0.15) is 0 Å². The lowest BCUT2D eigenvalue weighted by Crippen LogP contribution is -2.41. The van der Waals surface area contributed by atoms with Crippen LogP contribution in [0.25, 0.3) is 0 Å². The van der Waals surface area contributed by atoms with Gasteiger partial charge in [-0.25, -0.2) is 0 Å². The van der Waals surface area contributed by atoms with Crippen LogP contribution in [0.5, 0.6) is 0 Å². The van der Waals surface area contributed by atoms with Gasteiger partial charge in [0, 0.05) is 0 Å². The minimum atomic E-state index is -0.576. The molecule has 1 aromatic rings. The summed E-state index contributed by atoms with van der Waals surface area (Å²) in [5.41, 5.74) is 3.75. The number of hydrogen-bond donors (Lipinski definition) is 2. The lowest BCUT2D eigenvalue weighted by atomic mass is 10.0. The maximum absolute atomic E-state index is 12.0. The number of esters is 1. The minimum absolute atomic E-state index is 0.0338. The summed E-state index contributed by atoms with van der Waals surface area (Å²) in [5, 5.41) is 5.95. The van der Waals surface area contributed by atoms with Gasteiger partial charge >= 0.3 is 5.97 Å². The highest BCUT2D eigenvalue weighted by Gasteiger charge is 2.28. The third-order valence-corrected chi connectivity index (χ3v) is 3.05. The number of amides is 1. The van der Waals surface area contributed by atoms with Crippen molar-refractivity contribution in [1.82, 2.24) is 0 Å². The SMILES string of the molecule is CCOC(=O)CC1Nc2cc(C)cc(C)c2NC1=O. The number of hydrogen-bond acceptors (Lipinski definition) is 4. The second kappa shape index (κ2) is 5.30. The summed E-state index contributed by atoms with van der Waals surface area (Å²) in [6, 6.07) is 3.39. The van der Waals surface area contributed by atoms with Crippen molar-refractivity contribution < 1.29 is 14.3 Å². The molecule has 5 nitrogen and oxygen atoms in total. The van der Waals surface area contributed by atoms with Gasteiger partial charge in [0.1, 0.15) is 6.04 Å². The van der Waals surface area contributed by atoms with Gasteiger partial charge in [-0.05, 0) is 38.0 Å². The third kappa shape index (κ3) is 2.86. The molecule has 0 bridgehead atoms. The molecular weight excluding hydrogens is 244 g/mol. The average Bonchev–Trinajstić information content (AvgIpc) is 2.31. The zero-order valence-corrected chi connectivity index (χ0v) is 11.4. The van der Waals surface area contributed by atoms with Crippen LogP contribution in [0.4, 0.5) is 11.4 Å². The summed E-state index contributed by atoms with van der Waals surface area (Å²) in [7, 11) is 0. The maximum Gasteiger partial charge on any atom is 0.308 e. The fourth-order valence-electron chi connectivity index (χ4n) is 2.24. The fourth-order valence-corrected chi connectivity index (χ4v) is 2.24. The molecule has 102 valence electrons. The summed E-state index contributed by atoms with van der Waals surface area (Å²) in [5.74, 6) is -0.574. The Hall–Kier alpha value is -2.04. The zero-order chi connectivity index (χ0) is 14.0. The van der Waals surface area contributed by atoms with Crippen LogP contribution in [0.1, 0.15) is 24.5 Å². The summed E-state index contributed by atoms with van der Waals surface area (Å²) in [6.07, 6.45) is 0.0338. The predicted molar refractivity (Wildman–Crippen MR) is 73.2 cm³/mol. The molecule has 1 unspecified atom stereocenters. The smallest absolute Gasteiger partial charge is 0.308 e. The topological polar surface area (TPSA) is 67.4 Å². The van der Waals surface area contributed by atoms with Crippen LogP contribution in [0.3, 0.4) is 0 Å². The lowest BCUT2D eigenvalue weighted by Gasteiger charge is -2.27. The molecule has 0 spiro atoms. The largest absolute Gasteiger partial charge is 0.466 e. The minimum Gasteiger partial charge on any atom is -0.466 e. The van der Waals surface area contributed by atoms with Crippen LogP contribution >= 0.6 is 0 Å². The van der Waals surface area contributed by atoms with Gasteiger partial charge in [-0.15, -0.1) is 0 Å². The highest BCUT2D eigenvalue weighted by atomic mass is 16.5. The quantitative estimate of drug-likeness (QED) is 0.817. The van der Waals surface area contributed by atoms with Crippen LogP contribution in [-0.4, -0.2) is 24.5 Å². The summed E-state index contributed by atoms with van der Waals surface area (Å²) >= 11 is 0. The standard InChI is InChI=1S/C14H18N2O3/c1-4-19-12(17)7-11-14(18)16-13-9(3)5-8(2)6-10(13)15-11/h5-6,11,15H,4,7H2,1-3H3,(H,16,18). The number of anilines is 2. The molecule has 1 heterocycles. The fraction of sp³-hybridized carbons (Fsp3) is 0.429. The molecule has 1 aliphatic heterocycles. The normalized spacial score (nSPS) is 17.2. The Morgan fingerprint density at radius 2 is 2.11 bits per heavy atom. The predicted octanol–water partition coefficient (Wildman–Crippen LogP) is 1.99. The van der Waals surface area contributed by atoms with Crippen molar-refractivity contribution in [1.29, 1.82) is 0 Å². The Bertz CT molecular complexity index is 526. The molecular formula is C14H18N2O3. The number of ether oxygens (including phenoxy) is 1. The molecule has 0 aromatic heterocycles. The van der Waals surface area contributed by atoms with Crippen molar-refractivity contribution in [2.75, 3.05) is 17.2 Å². The van der Waals surface area contributed by atoms with E-state index in [1.165, 1.54) is 0 Å². The van der Waals surface area contributed by atoms with E-state index >= 15 is 0 Å². The Morgan fingerprint density at radius 3 is 2.79 bits per heavy atom. The first kappa shape index (κ1) is 13.4. The highest BCUT2D eigenvalue weighted by Crippen LogP contribution is 2.31. The van der Waals surface area contributed by atoms with E-state index in [1.54, 1.807) is 6.92 Å². The highest BCUT2D eigenvalue weighted by molar-refractivity contribution is 6.05. The van der Waals surface area contributed by atoms with Crippen molar-refractivity contribution in [3.8, 4) is 0 Å². The molecule has 1 atom stereocenters. The van der Waals surface area contributed by atoms with E-state index in [4.69, 9.17) is 4.74 Å². The number of fused-ring (bicyclic) bond motifs is 1. The Balaban J connectivity index is 2.19. The summed E-state index contributed by atoms with van der Waals surface area (Å²) < 4.78 is 4.87. The molecule has 2 rings (SSSR count). The van der Waals surface area contributed by atoms with Crippen molar-refractivity contribution in [2.45, 2.75) is 33.2 Å². The van der Waals surface area contributed by atoms with E-state index in [1.807, 2.05) is 26.0 Å². The Morgan fingerprint density at radius 1 is 1.37 bits per heavy atom. The summed E-state index contributed by atoms with van der Waals surface area (Å²) in [4.78, 5) is 23.4. The first-order chi connectivity index (χ1) is 9.01. The number of aryl methyl sites for hydroxylation is 2. The second-order valence-electron chi connectivity index (χ2n) is 4.70. The molecule has 0 saturated carbocycles. The van der Waals surface area contributed by atoms with Gasteiger partial charge in [0.25, 0.3) is 0 Å². The van der Waals surface area contributed by atoms with Gasteiger partial charge in [0.2, 0.25) is 5.91 Å². The Labute approximate surface area is 112 Å². The molecule has 2 N–H and O–H groups in total. The first-order valence-corrected chi connectivity index (χ1v) is 6.35. The van der Waals surface area contributed by atoms with Crippen LogP contribution in [0.15, 0.2) is 12.1 Å². The zero-order valence-electron chi connectivity index (χ0n) is 11.4. The Kier molecular flexibility index (Phi) is 3.74. The van der Waals surface area contributed by atoms with E-state index in [9.17, 15) is 9.59 Å². The van der Waals surface area contributed by atoms with Gasteiger partial charge in [-0.1, -0.05) is 6.07 Å². The average molecular weight is 262 g/mol. The van der Waals surface area contributed by atoms with Crippen molar-refractivity contribution in [2.24, 2.45) is 0 Å². The number of benzene rings is 1. The van der Waals surface area contributed by atoms with E-state index in [0.29, 0.717) is 6.61 Å². The third-order valence-electron chi connectivity index (χ3n) is 3.05. The molecule has 1 amide bonds. The van der Waals surface area contributed by atoms with Gasteiger partial charge in [-0.3, -0.25) is 9.59 Å². The van der Waals surface area contributed by atoms with Crippen LogP contribution in [-0.2, 0) is 14.3 Å². The first-order valence-electron chi connectivity index (χ1n) is 6.35. The molecule has 0 saturated heterocycles. The van der Waals surface area contributed by atoms with E-state index < -0.39 is 6.04 Å². The van der Waals surface area contributed by atoms with Gasteiger partial charge in [0.15, 0.2) is 0 Å². The number of carbonyl (C=O) groups excluding carboxylic acids is 2. The molecule has 19 heavy (non-hydrogen) atoms. The molecule has 5 heteroatoms. The van der Waals surface area contributed by atoms with Crippen molar-refractivity contribution >= 4 is 23.3 Å². The van der Waals surface area contributed by atoms with Crippen LogP contribution in [0.2, 0.25) is 0 Å². The van der Waals surface area contributed by atoms with E-state index in [2.05, 4.69) is 10.6 Å². The van der Waals surface area contributed by atoms with E-state index in [-0.39, 0.29) is 18.3 Å². The van der Waals surface area contributed by atoms with Gasteiger partial charge in [0.05, 0.1) is 24.4 Å². The molecule has 0 aliphatic carbocycles. The lowest BCUT2D eigenvalue weighted by molar-refractivity contribution is -0.144. The van der Waals surface area contributed by atoms with E-state index in [0.717, 1.165) is 22.5 Å². The van der Waals surface area contributed by atoms with Crippen molar-refractivity contribution in [3.63, 3.8) is 0 Å². The number of rotatable bonds is 3. The second-order valence-corrected chi connectivity index (χ2v) is 4.70. The molecule has 1 aromatic carbocycles. The van der Waals surface area contributed by atoms with Crippen LogP contribution < -0.4 is 10.6 Å². The number of carbonyl (C=O) groups is 2. The molecule has 0 fully saturated rings. The molecule has 1 aliphatic rings. The van der Waals surface area contributed by atoms with Gasteiger partial charge < -0.3 is 15.4 Å². The number of nitrogens with one attached hydrogen (secondary N) is 2.